The van der Waals surface area contributed by atoms with Crippen LogP contribution in [0, 0.1) is 5.82 Å². The number of fused-ring (bicyclic) bond motifs is 1. The number of aromatic nitrogens is 2. The number of Topliss-reactive ketones (excluding diaryl/α,β-unsaturated/α-hetero) is 1. The molecule has 1 aliphatic heterocycles. The zero-order valence-electron chi connectivity index (χ0n) is 20.6. The minimum Gasteiger partial charge on any atom is -0.436 e. The van der Waals surface area contributed by atoms with Gasteiger partial charge in [-0.1, -0.05) is 36.3 Å². The van der Waals surface area contributed by atoms with E-state index in [-0.39, 0.29) is 23.2 Å². The van der Waals surface area contributed by atoms with Crippen LogP contribution in [-0.2, 0) is 6.42 Å². The van der Waals surface area contributed by atoms with Gasteiger partial charge in [-0.2, -0.15) is 4.98 Å². The summed E-state index contributed by atoms with van der Waals surface area (Å²) >= 11 is 0. The van der Waals surface area contributed by atoms with Gasteiger partial charge >= 0.3 is 0 Å². The van der Waals surface area contributed by atoms with Crippen molar-refractivity contribution in [2.75, 3.05) is 25.0 Å². The first kappa shape index (κ1) is 24.1. The highest BCUT2D eigenvalue weighted by Crippen LogP contribution is 2.34. The molecule has 0 spiro atoms. The maximum absolute atomic E-state index is 14.9. The monoisotopic (exact) mass is 486 g/mol. The van der Waals surface area contributed by atoms with Gasteiger partial charge in [0.25, 0.3) is 0 Å². The van der Waals surface area contributed by atoms with Gasteiger partial charge in [0.05, 0.1) is 0 Å². The molecule has 1 saturated heterocycles. The number of likely N-dealkylation sites (tertiary alicyclic amines) is 1. The number of anilines is 2. The van der Waals surface area contributed by atoms with Crippen LogP contribution in [-0.4, -0.2) is 40.3 Å². The van der Waals surface area contributed by atoms with E-state index < -0.39 is 0 Å². The Morgan fingerprint density at radius 2 is 2.00 bits per heavy atom. The first-order valence-electron chi connectivity index (χ1n) is 12.7. The predicted molar refractivity (Wildman–Crippen MR) is 139 cm³/mol. The van der Waals surface area contributed by atoms with E-state index in [2.05, 4.69) is 20.2 Å². The fourth-order valence-corrected chi connectivity index (χ4v) is 4.86. The average Bonchev–Trinajstić information content (AvgIpc) is 3.28. The van der Waals surface area contributed by atoms with Crippen LogP contribution in [0.1, 0.15) is 60.5 Å². The van der Waals surface area contributed by atoms with Gasteiger partial charge in [0.15, 0.2) is 17.3 Å². The number of carbonyl (C=O) groups excluding carboxylic acids is 1. The molecule has 0 bridgehead atoms. The van der Waals surface area contributed by atoms with Crippen LogP contribution >= 0.6 is 0 Å². The highest BCUT2D eigenvalue weighted by molar-refractivity contribution is 5.97. The first-order chi connectivity index (χ1) is 17.5. The van der Waals surface area contributed by atoms with Crippen molar-refractivity contribution in [3.8, 4) is 11.6 Å². The van der Waals surface area contributed by atoms with Crippen LogP contribution in [0.2, 0.25) is 0 Å². The maximum atomic E-state index is 14.9. The number of nitrogens with zero attached hydrogens (tertiary/aromatic N) is 3. The van der Waals surface area contributed by atoms with Crippen LogP contribution in [0.4, 0.5) is 16.0 Å². The first-order valence-corrected chi connectivity index (χ1v) is 12.7. The highest BCUT2D eigenvalue weighted by atomic mass is 19.1. The molecule has 0 saturated carbocycles. The molecule has 6 nitrogen and oxygen atoms in total. The Morgan fingerprint density at radius 3 is 2.86 bits per heavy atom. The summed E-state index contributed by atoms with van der Waals surface area (Å²) < 4.78 is 20.7. The van der Waals surface area contributed by atoms with E-state index in [9.17, 15) is 9.18 Å². The second kappa shape index (κ2) is 11.0. The quantitative estimate of drug-likeness (QED) is 0.346. The molecule has 36 heavy (non-hydrogen) atoms. The number of carbonyl (C=O) groups is 1. The molecule has 1 aliphatic carbocycles. The van der Waals surface area contributed by atoms with Crippen molar-refractivity contribution in [3.63, 3.8) is 0 Å². The smallest absolute Gasteiger partial charge is 0.230 e. The molecular formula is C29H31FN4O2. The summed E-state index contributed by atoms with van der Waals surface area (Å²) in [6.45, 7) is 5.25. The number of hydrogen-bond donors (Lipinski definition) is 1. The second-order valence-corrected chi connectivity index (χ2v) is 9.57. The Balaban J connectivity index is 1.21. The molecule has 0 radical (unpaired) electrons. The molecule has 1 fully saturated rings. The summed E-state index contributed by atoms with van der Waals surface area (Å²) in [5.74, 6) is 0.407. The van der Waals surface area contributed by atoms with E-state index in [0.717, 1.165) is 43.6 Å². The van der Waals surface area contributed by atoms with Gasteiger partial charge in [0, 0.05) is 35.5 Å². The van der Waals surface area contributed by atoms with E-state index in [4.69, 9.17) is 4.74 Å². The number of benzene rings is 2. The number of ether oxygens (including phenoxy) is 1. The van der Waals surface area contributed by atoms with Crippen molar-refractivity contribution in [2.24, 2.45) is 0 Å². The molecule has 7 heteroatoms. The van der Waals surface area contributed by atoms with Crippen LogP contribution in [0.25, 0.3) is 6.08 Å². The molecule has 3 aromatic rings. The topological polar surface area (TPSA) is 67.3 Å². The Bertz CT molecular complexity index is 1280. The molecule has 1 N–H and O–H groups in total. The molecule has 5 rings (SSSR count). The number of ketones is 1. The molecule has 1 aromatic heterocycles. The van der Waals surface area contributed by atoms with Crippen LogP contribution in [0.3, 0.4) is 0 Å². The van der Waals surface area contributed by atoms with E-state index in [1.807, 2.05) is 43.3 Å². The molecule has 0 amide bonds. The van der Waals surface area contributed by atoms with Gasteiger partial charge in [-0.15, -0.1) is 0 Å². The van der Waals surface area contributed by atoms with Crippen LogP contribution in [0.15, 0.2) is 54.2 Å². The van der Waals surface area contributed by atoms with Crippen molar-refractivity contribution in [2.45, 2.75) is 45.4 Å². The summed E-state index contributed by atoms with van der Waals surface area (Å²) in [5, 5.41) is 3.13. The lowest BCUT2D eigenvalue weighted by Gasteiger charge is -2.26. The zero-order valence-corrected chi connectivity index (χ0v) is 20.6. The Hall–Kier alpha value is -3.58. The number of allylic oxidation sites excluding steroid dienone is 1. The molecule has 0 atom stereocenters. The van der Waals surface area contributed by atoms with E-state index >= 15 is 0 Å². The van der Waals surface area contributed by atoms with Gasteiger partial charge in [-0.3, -0.25) is 4.79 Å². The molecule has 2 aliphatic rings. The summed E-state index contributed by atoms with van der Waals surface area (Å²) in [6.07, 6.45) is 9.39. The summed E-state index contributed by atoms with van der Waals surface area (Å²) in [5.41, 5.74) is 4.03. The van der Waals surface area contributed by atoms with Crippen molar-refractivity contribution in [3.05, 3.63) is 76.7 Å². The maximum Gasteiger partial charge on any atom is 0.230 e. The third kappa shape index (κ3) is 5.79. The minimum absolute atomic E-state index is 0.126. The largest absolute Gasteiger partial charge is 0.436 e. The molecule has 186 valence electrons. The van der Waals surface area contributed by atoms with Gasteiger partial charge in [-0.05, 0) is 76.0 Å². The van der Waals surface area contributed by atoms with Crippen molar-refractivity contribution >= 4 is 23.5 Å². The third-order valence-electron chi connectivity index (χ3n) is 6.71. The lowest BCUT2D eigenvalue weighted by molar-refractivity contribution is 0.0973. The van der Waals surface area contributed by atoms with Gasteiger partial charge in [0.2, 0.25) is 11.8 Å². The van der Waals surface area contributed by atoms with Crippen LogP contribution in [0.5, 0.6) is 11.6 Å². The van der Waals surface area contributed by atoms with Crippen molar-refractivity contribution in [1.82, 2.24) is 14.9 Å². The molecule has 2 heterocycles. The zero-order chi connectivity index (χ0) is 24.9. The average molecular weight is 487 g/mol. The number of piperidine rings is 1. The number of rotatable bonds is 9. The third-order valence-corrected chi connectivity index (χ3v) is 6.71. The van der Waals surface area contributed by atoms with Gasteiger partial charge in [-0.25, -0.2) is 9.37 Å². The highest BCUT2D eigenvalue weighted by Gasteiger charge is 2.19. The Labute approximate surface area is 211 Å². The lowest BCUT2D eigenvalue weighted by atomic mass is 10.0. The van der Waals surface area contributed by atoms with E-state index in [1.54, 1.807) is 18.3 Å². The molecule has 2 aromatic carbocycles. The number of nitrogens with one attached hydrogen (secondary N) is 1. The van der Waals surface area contributed by atoms with Crippen LogP contribution < -0.4 is 10.1 Å². The Morgan fingerprint density at radius 1 is 1.14 bits per heavy atom. The second-order valence-electron chi connectivity index (χ2n) is 9.57. The molecule has 0 unspecified atom stereocenters. The van der Waals surface area contributed by atoms with Gasteiger partial charge < -0.3 is 15.0 Å². The normalized spacial score (nSPS) is 15.3. The van der Waals surface area contributed by atoms with E-state index in [1.165, 1.54) is 19.3 Å². The SMILES string of the molecule is CC1=Cc2c(ccc(Oc3ccnc(Nc4cccc(C(=O)CCCN5CCCCC5)c4)n3)c2F)C1. The minimum atomic E-state index is -0.385. The predicted octanol–water partition coefficient (Wildman–Crippen LogP) is 6.56. The lowest BCUT2D eigenvalue weighted by Crippen LogP contribution is -2.30. The van der Waals surface area contributed by atoms with E-state index in [0.29, 0.717) is 29.2 Å². The fourth-order valence-electron chi connectivity index (χ4n) is 4.86. The summed E-state index contributed by atoms with van der Waals surface area (Å²) in [4.78, 5) is 23.8. The van der Waals surface area contributed by atoms with Crippen molar-refractivity contribution < 1.29 is 13.9 Å². The standard InChI is InChI=1S/C29H31FN4O2/c1-20-17-21-10-11-26(28(30)24(21)18-20)36-27-12-13-31-29(33-27)32-23-8-5-7-22(19-23)25(35)9-6-16-34-14-3-2-4-15-34/h5,7-8,10-13,18-19H,2-4,6,9,14-17H2,1H3,(H,31,32,33). The number of hydrogen-bond acceptors (Lipinski definition) is 6. The Kier molecular flexibility index (Phi) is 7.37. The van der Waals surface area contributed by atoms with Gasteiger partial charge in [0.1, 0.15) is 0 Å². The van der Waals surface area contributed by atoms with Crippen molar-refractivity contribution in [1.29, 1.82) is 0 Å². The summed E-state index contributed by atoms with van der Waals surface area (Å²) in [6, 6.07) is 12.5. The summed E-state index contributed by atoms with van der Waals surface area (Å²) in [7, 11) is 0. The molecular weight excluding hydrogens is 455 g/mol. The number of halogens is 1. The fraction of sp³-hybridized carbons (Fsp3) is 0.345.